The lowest BCUT2D eigenvalue weighted by molar-refractivity contribution is -0.142. The van der Waals surface area contributed by atoms with Crippen LogP contribution in [0.2, 0.25) is 0 Å². The first-order valence-corrected chi connectivity index (χ1v) is 9.44. The first-order valence-electron chi connectivity index (χ1n) is 7.18. The first-order chi connectivity index (χ1) is 12.7. The van der Waals surface area contributed by atoms with Crippen LogP contribution in [0.3, 0.4) is 0 Å². The lowest BCUT2D eigenvalue weighted by atomic mass is 10.1. The lowest BCUT2D eigenvalue weighted by Gasteiger charge is -2.13. The number of benzene rings is 1. The van der Waals surface area contributed by atoms with E-state index in [1.165, 1.54) is 13.8 Å². The number of nitrogens with zero attached hydrogens (tertiary/aromatic N) is 2. The van der Waals surface area contributed by atoms with Crippen molar-refractivity contribution in [2.24, 2.45) is 0 Å². The third kappa shape index (κ3) is 3.09. The van der Waals surface area contributed by atoms with Gasteiger partial charge in [-0.15, -0.1) is 0 Å². The summed E-state index contributed by atoms with van der Waals surface area (Å²) in [4.78, 5) is 10.2. The molecule has 0 amide bonds. The molecule has 0 bridgehead atoms. The summed E-state index contributed by atoms with van der Waals surface area (Å²) in [5.74, 6) is -0.272. The van der Waals surface area contributed by atoms with Crippen LogP contribution in [0.4, 0.5) is 26.3 Å². The fourth-order valence-electron chi connectivity index (χ4n) is 2.63. The maximum absolute atomic E-state index is 13.3. The molecule has 1 aromatic carbocycles. The van der Waals surface area contributed by atoms with Crippen molar-refractivity contribution in [3.05, 3.63) is 44.4 Å². The summed E-state index contributed by atoms with van der Waals surface area (Å²) in [5, 5.41) is 3.39. The van der Waals surface area contributed by atoms with Crippen molar-refractivity contribution in [3.8, 4) is 0 Å². The molecule has 0 atom stereocenters. The Morgan fingerprint density at radius 2 is 1.68 bits per heavy atom. The first kappa shape index (κ1) is 20.4. The van der Waals surface area contributed by atoms with Crippen LogP contribution < -0.4 is 4.87 Å². The zero-order chi connectivity index (χ0) is 21.2. The number of hydrogen-bond donors (Lipinski definition) is 0. The highest BCUT2D eigenvalue weighted by Crippen LogP contribution is 2.41. The van der Waals surface area contributed by atoms with Crippen LogP contribution in [-0.4, -0.2) is 17.5 Å². The largest absolute Gasteiger partial charge is 0.417 e. The Bertz CT molecular complexity index is 1230. The molecule has 6 nitrogen and oxygen atoms in total. The van der Waals surface area contributed by atoms with E-state index in [0.717, 1.165) is 0 Å². The minimum absolute atomic E-state index is 0.0932. The number of aryl methyl sites for hydroxylation is 2. The molecular weight excluding hydrogens is 438 g/mol. The summed E-state index contributed by atoms with van der Waals surface area (Å²) in [6.45, 7) is 2.38. The predicted molar refractivity (Wildman–Crippen MR) is 84.6 cm³/mol. The molecule has 0 spiro atoms. The number of rotatable bonds is 2. The maximum Gasteiger partial charge on any atom is 0.417 e. The van der Waals surface area contributed by atoms with Crippen molar-refractivity contribution in [1.82, 2.24) is 9.13 Å². The van der Waals surface area contributed by atoms with Crippen molar-refractivity contribution in [1.29, 1.82) is 0 Å². The number of thiazole rings is 1. The van der Waals surface area contributed by atoms with Gasteiger partial charge in [0.05, 0.1) is 21.3 Å². The lowest BCUT2D eigenvalue weighted by Crippen LogP contribution is -2.24. The number of alkyl halides is 6. The van der Waals surface area contributed by atoms with Gasteiger partial charge in [0, 0.05) is 0 Å². The maximum atomic E-state index is 13.3. The monoisotopic (exact) mass is 446 g/mol. The summed E-state index contributed by atoms with van der Waals surface area (Å²) >= 11 is -0.123. The fourth-order valence-corrected chi connectivity index (χ4v) is 5.59. The highest BCUT2D eigenvalue weighted by Gasteiger charge is 2.41. The normalized spacial score (nSPS) is 13.4. The molecule has 3 aromatic rings. The van der Waals surface area contributed by atoms with Gasteiger partial charge in [-0.05, 0) is 26.0 Å². The molecule has 0 aliphatic rings. The summed E-state index contributed by atoms with van der Waals surface area (Å²) in [6.07, 6.45) is -10.5. The molecule has 0 fully saturated rings. The smallest absolute Gasteiger partial charge is 0.360 e. The Morgan fingerprint density at radius 1 is 1.07 bits per heavy atom. The van der Waals surface area contributed by atoms with E-state index in [1.807, 2.05) is 0 Å². The number of halogens is 6. The molecule has 0 aliphatic carbocycles. The fraction of sp³-hybridized carbons (Fsp3) is 0.286. The van der Waals surface area contributed by atoms with E-state index < -0.39 is 53.5 Å². The van der Waals surface area contributed by atoms with Gasteiger partial charge in [-0.1, -0.05) is 16.5 Å². The van der Waals surface area contributed by atoms with Crippen LogP contribution >= 0.6 is 11.3 Å². The van der Waals surface area contributed by atoms with E-state index in [-0.39, 0.29) is 38.9 Å². The predicted octanol–water partition coefficient (Wildman–Crippen LogP) is 3.94. The number of aromatic nitrogens is 2. The van der Waals surface area contributed by atoms with Crippen molar-refractivity contribution < 1.29 is 39.3 Å². The molecule has 0 aliphatic heterocycles. The van der Waals surface area contributed by atoms with Gasteiger partial charge in [-0.25, -0.2) is 8.42 Å². The van der Waals surface area contributed by atoms with Crippen LogP contribution in [0.25, 0.3) is 10.2 Å². The van der Waals surface area contributed by atoms with Gasteiger partial charge in [-0.2, -0.15) is 30.3 Å². The zero-order valence-electron chi connectivity index (χ0n) is 13.8. The van der Waals surface area contributed by atoms with Gasteiger partial charge in [0.1, 0.15) is 5.69 Å². The summed E-state index contributed by atoms with van der Waals surface area (Å²) < 4.78 is 109. The van der Waals surface area contributed by atoms with E-state index in [0.29, 0.717) is 0 Å². The molecule has 0 N–H and O–H groups in total. The van der Waals surface area contributed by atoms with Crippen LogP contribution in [-0.2, 0) is 22.4 Å². The quantitative estimate of drug-likeness (QED) is 0.557. The molecule has 0 saturated heterocycles. The molecule has 0 saturated carbocycles. The minimum atomic E-state index is -5.25. The second-order valence-corrected chi connectivity index (χ2v) is 8.34. The third-order valence-corrected chi connectivity index (χ3v) is 6.79. The van der Waals surface area contributed by atoms with Crippen molar-refractivity contribution in [2.75, 3.05) is 0 Å². The molecule has 14 heteroatoms. The van der Waals surface area contributed by atoms with Gasteiger partial charge >= 0.3 is 17.2 Å². The highest BCUT2D eigenvalue weighted by molar-refractivity contribution is 7.90. The second kappa shape index (κ2) is 6.07. The van der Waals surface area contributed by atoms with Gasteiger partial charge < -0.3 is 4.52 Å². The Labute approximate surface area is 156 Å². The molecular formula is C14H8F6N2O4S2. The molecule has 2 heterocycles. The summed E-state index contributed by atoms with van der Waals surface area (Å²) in [6, 6.07) is 0.0311. The Balaban J connectivity index is 2.50. The van der Waals surface area contributed by atoms with Gasteiger partial charge in [0.2, 0.25) is 0 Å². The van der Waals surface area contributed by atoms with Gasteiger partial charge in [-0.3, -0.25) is 4.79 Å². The SMILES string of the molecule is Cc1noc(C)c1S(=O)(=O)n1c(=O)sc2c(C(F)(F)F)cc(C(F)(F)F)cc21. The average Bonchev–Trinajstić information content (AvgIpc) is 3.03. The highest BCUT2D eigenvalue weighted by atomic mass is 32.2. The van der Waals surface area contributed by atoms with Crippen LogP contribution in [0, 0.1) is 13.8 Å². The summed E-state index contributed by atoms with van der Waals surface area (Å²) in [7, 11) is -4.87. The van der Waals surface area contributed by atoms with Gasteiger partial charge in [0.15, 0.2) is 10.7 Å². The molecule has 28 heavy (non-hydrogen) atoms. The van der Waals surface area contributed by atoms with Crippen molar-refractivity contribution >= 4 is 31.6 Å². The van der Waals surface area contributed by atoms with E-state index in [1.54, 1.807) is 0 Å². The van der Waals surface area contributed by atoms with Crippen LogP contribution in [0.5, 0.6) is 0 Å². The zero-order valence-corrected chi connectivity index (χ0v) is 15.4. The second-order valence-electron chi connectivity index (χ2n) is 5.66. The Kier molecular flexibility index (Phi) is 4.42. The molecule has 2 aromatic heterocycles. The van der Waals surface area contributed by atoms with E-state index in [9.17, 15) is 39.6 Å². The van der Waals surface area contributed by atoms with E-state index >= 15 is 0 Å². The Hall–Kier alpha value is -2.35. The Morgan fingerprint density at radius 3 is 2.14 bits per heavy atom. The number of fused-ring (bicyclic) bond motifs is 1. The molecule has 0 unspecified atom stereocenters. The topological polar surface area (TPSA) is 82.2 Å². The standard InChI is InChI=1S/C14H8F6N2O4S2/c1-5-11(6(2)26-21-5)28(24,25)22-9-4-7(13(15,16)17)3-8(14(18,19)20)10(9)27-12(22)23/h3-4H,1-2H3. The molecule has 0 radical (unpaired) electrons. The minimum Gasteiger partial charge on any atom is -0.360 e. The van der Waals surface area contributed by atoms with Crippen molar-refractivity contribution in [3.63, 3.8) is 0 Å². The number of hydrogen-bond acceptors (Lipinski definition) is 6. The average molecular weight is 446 g/mol. The van der Waals surface area contributed by atoms with E-state index in [2.05, 4.69) is 9.68 Å². The van der Waals surface area contributed by atoms with Crippen LogP contribution in [0.15, 0.2) is 26.3 Å². The summed E-state index contributed by atoms with van der Waals surface area (Å²) in [5.41, 5.74) is -4.73. The van der Waals surface area contributed by atoms with Gasteiger partial charge in [0.25, 0.3) is 10.0 Å². The van der Waals surface area contributed by atoms with Crippen molar-refractivity contribution in [2.45, 2.75) is 31.1 Å². The van der Waals surface area contributed by atoms with E-state index in [4.69, 9.17) is 0 Å². The third-order valence-electron chi connectivity index (χ3n) is 3.74. The molecule has 152 valence electrons. The molecule has 3 rings (SSSR count). The van der Waals surface area contributed by atoms with Crippen LogP contribution in [0.1, 0.15) is 22.6 Å².